The van der Waals surface area contributed by atoms with Crippen molar-refractivity contribution in [3.63, 3.8) is 0 Å². The smallest absolute Gasteiger partial charge is 0.139 e. The second-order valence-corrected chi connectivity index (χ2v) is 9.11. The maximum absolute atomic E-state index is 12.4. The Kier molecular flexibility index (Phi) is 3.47. The van der Waals surface area contributed by atoms with E-state index in [9.17, 15) is 4.79 Å². The molecule has 0 aromatic rings. The van der Waals surface area contributed by atoms with E-state index in [1.165, 1.54) is 25.7 Å². The third-order valence-corrected chi connectivity index (χ3v) is 8.52. The first-order valence-corrected chi connectivity index (χ1v) is 9.38. The minimum atomic E-state index is 0.0158. The molecule has 4 fully saturated rings. The number of carbonyl (C=O) groups excluding carboxylic acids is 1. The van der Waals surface area contributed by atoms with Gasteiger partial charge < -0.3 is 4.84 Å². The first-order valence-electron chi connectivity index (χ1n) is 9.38. The molecule has 4 aliphatic carbocycles. The van der Waals surface area contributed by atoms with E-state index < -0.39 is 0 Å². The molecule has 0 aliphatic heterocycles. The molecule has 3 heteroatoms. The summed E-state index contributed by atoms with van der Waals surface area (Å²) in [6.07, 6.45) is 10.9. The lowest BCUT2D eigenvalue weighted by Gasteiger charge is -2.60. The van der Waals surface area contributed by atoms with E-state index in [4.69, 9.17) is 10.7 Å². The zero-order valence-electron chi connectivity index (χ0n) is 14.1. The van der Waals surface area contributed by atoms with E-state index in [2.05, 4.69) is 13.8 Å². The highest BCUT2D eigenvalue weighted by Gasteiger charge is 2.60. The Bertz CT molecular complexity index is 478. The van der Waals surface area contributed by atoms with Gasteiger partial charge in [-0.05, 0) is 80.5 Å². The molecule has 4 rings (SSSR count). The van der Waals surface area contributed by atoms with Crippen LogP contribution in [0.15, 0.2) is 0 Å². The van der Waals surface area contributed by atoms with Crippen molar-refractivity contribution in [2.45, 2.75) is 77.7 Å². The molecule has 7 atom stereocenters. The molecule has 7 unspecified atom stereocenters. The van der Waals surface area contributed by atoms with Crippen molar-refractivity contribution in [2.24, 2.45) is 40.4 Å². The molecule has 0 amide bonds. The van der Waals surface area contributed by atoms with Crippen LogP contribution in [-0.2, 0) is 9.63 Å². The summed E-state index contributed by atoms with van der Waals surface area (Å²) < 4.78 is 0. The van der Waals surface area contributed by atoms with Crippen LogP contribution in [0.2, 0.25) is 0 Å². The quantitative estimate of drug-likeness (QED) is 0.748. The van der Waals surface area contributed by atoms with Crippen LogP contribution in [-0.4, -0.2) is 11.9 Å². The van der Waals surface area contributed by atoms with Crippen molar-refractivity contribution < 1.29 is 9.63 Å². The minimum absolute atomic E-state index is 0.0158. The van der Waals surface area contributed by atoms with Crippen molar-refractivity contribution in [2.75, 3.05) is 0 Å². The van der Waals surface area contributed by atoms with Gasteiger partial charge in [-0.1, -0.05) is 13.8 Å². The van der Waals surface area contributed by atoms with Crippen molar-refractivity contribution in [1.29, 1.82) is 0 Å². The monoisotopic (exact) mass is 305 g/mol. The van der Waals surface area contributed by atoms with Crippen molar-refractivity contribution in [1.82, 2.24) is 0 Å². The zero-order valence-corrected chi connectivity index (χ0v) is 14.1. The Balaban J connectivity index is 1.60. The molecule has 4 saturated carbocycles. The van der Waals surface area contributed by atoms with Crippen LogP contribution < -0.4 is 5.90 Å². The van der Waals surface area contributed by atoms with Crippen LogP contribution in [0.3, 0.4) is 0 Å². The topological polar surface area (TPSA) is 52.3 Å². The van der Waals surface area contributed by atoms with Gasteiger partial charge in [-0.15, -0.1) is 0 Å². The number of carbonyl (C=O) groups is 1. The number of rotatable bonds is 1. The Hall–Kier alpha value is -0.410. The standard InChI is InChI=1S/C19H31NO2/c1-18-9-7-13(22-20)11-12(18)3-4-14-15-5-6-17(21)19(15,2)10-8-16(14)18/h12-16H,3-11,20H2,1-2H3. The average Bonchev–Trinajstić information content (AvgIpc) is 2.82. The number of Topliss-reactive ketones (excluding diaryl/α,β-unsaturated/α-hetero) is 1. The van der Waals surface area contributed by atoms with Gasteiger partial charge in [-0.2, -0.15) is 0 Å². The van der Waals surface area contributed by atoms with E-state index in [0.717, 1.165) is 49.9 Å². The fourth-order valence-electron chi connectivity index (χ4n) is 7.11. The maximum atomic E-state index is 12.4. The molecule has 0 radical (unpaired) electrons. The largest absolute Gasteiger partial charge is 0.301 e. The van der Waals surface area contributed by atoms with Gasteiger partial charge in [0.1, 0.15) is 5.78 Å². The first kappa shape index (κ1) is 15.1. The Morgan fingerprint density at radius 1 is 1.05 bits per heavy atom. The number of hydrogen-bond acceptors (Lipinski definition) is 3. The summed E-state index contributed by atoms with van der Waals surface area (Å²) in [5.74, 6) is 9.09. The summed E-state index contributed by atoms with van der Waals surface area (Å²) in [5.41, 5.74) is 0.479. The normalized spacial score (nSPS) is 54.5. The van der Waals surface area contributed by atoms with E-state index >= 15 is 0 Å². The van der Waals surface area contributed by atoms with E-state index in [1.807, 2.05) is 0 Å². The summed E-state index contributed by atoms with van der Waals surface area (Å²) in [4.78, 5) is 17.6. The summed E-state index contributed by atoms with van der Waals surface area (Å²) in [5, 5.41) is 0. The number of ketones is 1. The first-order chi connectivity index (χ1) is 10.5. The van der Waals surface area contributed by atoms with Crippen LogP contribution in [0.1, 0.15) is 71.6 Å². The molecule has 0 aromatic carbocycles. The van der Waals surface area contributed by atoms with Gasteiger partial charge >= 0.3 is 0 Å². The molecule has 4 aliphatic rings. The second kappa shape index (κ2) is 5.04. The van der Waals surface area contributed by atoms with Gasteiger partial charge in [-0.25, -0.2) is 5.90 Å². The highest BCUT2D eigenvalue weighted by molar-refractivity contribution is 5.87. The third-order valence-electron chi connectivity index (χ3n) is 8.52. The van der Waals surface area contributed by atoms with Crippen LogP contribution in [0.25, 0.3) is 0 Å². The van der Waals surface area contributed by atoms with Crippen LogP contribution in [0.5, 0.6) is 0 Å². The van der Waals surface area contributed by atoms with Gasteiger partial charge in [-0.3, -0.25) is 4.79 Å². The summed E-state index contributed by atoms with van der Waals surface area (Å²) in [6, 6.07) is 0. The van der Waals surface area contributed by atoms with Gasteiger partial charge in [0, 0.05) is 11.8 Å². The predicted molar refractivity (Wildman–Crippen MR) is 85.8 cm³/mol. The summed E-state index contributed by atoms with van der Waals surface area (Å²) in [7, 11) is 0. The number of hydrogen-bond donors (Lipinski definition) is 1. The minimum Gasteiger partial charge on any atom is -0.301 e. The molecule has 0 spiro atoms. The van der Waals surface area contributed by atoms with Gasteiger partial charge in [0.05, 0.1) is 6.10 Å². The summed E-state index contributed by atoms with van der Waals surface area (Å²) in [6.45, 7) is 4.82. The van der Waals surface area contributed by atoms with Gasteiger partial charge in [0.25, 0.3) is 0 Å². The molecular formula is C19H31NO2. The van der Waals surface area contributed by atoms with Crippen molar-refractivity contribution >= 4 is 5.78 Å². The van der Waals surface area contributed by atoms with Crippen LogP contribution in [0.4, 0.5) is 0 Å². The molecule has 2 N–H and O–H groups in total. The summed E-state index contributed by atoms with van der Waals surface area (Å²) >= 11 is 0. The fraction of sp³-hybridized carbons (Fsp3) is 0.947. The lowest BCUT2D eigenvalue weighted by atomic mass is 9.45. The van der Waals surface area contributed by atoms with Crippen LogP contribution >= 0.6 is 0 Å². The SMILES string of the molecule is CC12CCC3C(CCC4CC(ON)CCC43C)C1CCC2=O. The molecular weight excluding hydrogens is 274 g/mol. The van der Waals surface area contributed by atoms with E-state index in [1.54, 1.807) is 0 Å². The zero-order chi connectivity index (χ0) is 15.5. The van der Waals surface area contributed by atoms with Crippen molar-refractivity contribution in [3.05, 3.63) is 0 Å². The highest BCUT2D eigenvalue weighted by Crippen LogP contribution is 2.65. The molecule has 124 valence electrons. The molecule has 22 heavy (non-hydrogen) atoms. The maximum Gasteiger partial charge on any atom is 0.139 e. The molecule has 0 heterocycles. The second-order valence-electron chi connectivity index (χ2n) is 9.11. The van der Waals surface area contributed by atoms with Crippen molar-refractivity contribution in [3.8, 4) is 0 Å². The Labute approximate surface area is 134 Å². The lowest BCUT2D eigenvalue weighted by Crippen LogP contribution is -2.54. The molecule has 0 bridgehead atoms. The van der Waals surface area contributed by atoms with Gasteiger partial charge in [0.2, 0.25) is 0 Å². The Morgan fingerprint density at radius 3 is 2.64 bits per heavy atom. The molecule has 3 nitrogen and oxygen atoms in total. The highest BCUT2D eigenvalue weighted by atomic mass is 16.6. The Morgan fingerprint density at radius 2 is 1.86 bits per heavy atom. The van der Waals surface area contributed by atoms with E-state index in [-0.39, 0.29) is 11.5 Å². The predicted octanol–water partition coefficient (Wildman–Crippen LogP) is 3.86. The number of fused-ring (bicyclic) bond motifs is 5. The third kappa shape index (κ3) is 1.91. The molecule has 0 aromatic heterocycles. The molecule has 0 saturated heterocycles. The number of nitrogens with two attached hydrogens (primary N) is 1. The fourth-order valence-corrected chi connectivity index (χ4v) is 7.11. The van der Waals surface area contributed by atoms with Gasteiger partial charge in [0.15, 0.2) is 0 Å². The van der Waals surface area contributed by atoms with Crippen LogP contribution in [0, 0.1) is 34.5 Å². The average molecular weight is 305 g/mol. The lowest BCUT2D eigenvalue weighted by molar-refractivity contribution is -0.145. The van der Waals surface area contributed by atoms with E-state index in [0.29, 0.717) is 17.1 Å².